The first-order valence-corrected chi connectivity index (χ1v) is 16.0. The lowest BCUT2D eigenvalue weighted by Crippen LogP contribution is -2.40. The summed E-state index contributed by atoms with van der Waals surface area (Å²) in [7, 11) is 1.53. The lowest BCUT2D eigenvalue weighted by Gasteiger charge is -2.25. The van der Waals surface area contributed by atoms with E-state index < -0.39 is 22.5 Å². The highest BCUT2D eigenvalue weighted by molar-refractivity contribution is 7.99. The van der Waals surface area contributed by atoms with E-state index in [4.69, 9.17) is 14.2 Å². The van der Waals surface area contributed by atoms with Crippen molar-refractivity contribution >= 4 is 40.8 Å². The Labute approximate surface area is 272 Å². The van der Waals surface area contributed by atoms with Crippen LogP contribution in [0, 0.1) is 24.0 Å². The number of allylic oxidation sites excluding steroid dienone is 1. The molecule has 0 saturated heterocycles. The Hall–Kier alpha value is -4.82. The molecule has 0 N–H and O–H groups in total. The number of carbonyl (C=O) groups is 1. The molecule has 0 radical (unpaired) electrons. The second kappa shape index (κ2) is 13.7. The molecule has 46 heavy (non-hydrogen) atoms. The first-order chi connectivity index (χ1) is 22.0. The molecule has 0 bridgehead atoms. The van der Waals surface area contributed by atoms with E-state index in [0.717, 1.165) is 34.5 Å². The van der Waals surface area contributed by atoms with Gasteiger partial charge in [-0.1, -0.05) is 23.5 Å². The number of aromatic nitrogens is 3. The van der Waals surface area contributed by atoms with E-state index in [1.165, 1.54) is 17.7 Å². The van der Waals surface area contributed by atoms with Crippen LogP contribution in [0.15, 0.2) is 73.6 Å². The first-order valence-electron chi connectivity index (χ1n) is 14.3. The summed E-state index contributed by atoms with van der Waals surface area (Å²) < 4.78 is 18.3. The Morgan fingerprint density at radius 3 is 2.46 bits per heavy atom. The van der Waals surface area contributed by atoms with Gasteiger partial charge in [-0.3, -0.25) is 19.5 Å². The Morgan fingerprint density at radius 2 is 1.80 bits per heavy atom. The summed E-state index contributed by atoms with van der Waals surface area (Å²) in [5, 5.41) is 12.5. The Balaban J connectivity index is 1.64. The van der Waals surface area contributed by atoms with Crippen molar-refractivity contribution in [1.29, 1.82) is 0 Å². The van der Waals surface area contributed by atoms with Crippen LogP contribution in [0.2, 0.25) is 0 Å². The summed E-state index contributed by atoms with van der Waals surface area (Å²) in [6, 6.07) is 10.9. The normalized spacial score (nSPS) is 14.5. The zero-order valence-electron chi connectivity index (χ0n) is 26.0. The molecule has 1 aliphatic heterocycles. The van der Waals surface area contributed by atoms with Gasteiger partial charge in [0.25, 0.3) is 11.2 Å². The van der Waals surface area contributed by atoms with E-state index in [2.05, 4.69) is 15.0 Å². The van der Waals surface area contributed by atoms with Gasteiger partial charge in [0.2, 0.25) is 0 Å². The van der Waals surface area contributed by atoms with Gasteiger partial charge in [-0.15, -0.1) is 0 Å². The van der Waals surface area contributed by atoms with E-state index in [1.807, 2.05) is 26.8 Å². The smallest absolute Gasteiger partial charge is 0.338 e. The number of hydrogen-bond acceptors (Lipinski definition) is 12. The third-order valence-electron chi connectivity index (χ3n) is 6.96. The summed E-state index contributed by atoms with van der Waals surface area (Å²) in [4.78, 5) is 53.0. The number of nitro groups is 1. The van der Waals surface area contributed by atoms with E-state index in [0.29, 0.717) is 49.8 Å². The molecule has 14 heteroatoms. The number of ether oxygens (including phenoxy) is 3. The first kappa shape index (κ1) is 32.6. The molecular weight excluding hydrogens is 631 g/mol. The summed E-state index contributed by atoms with van der Waals surface area (Å²) in [5.74, 6) is 0.371. The largest absolute Gasteiger partial charge is 0.493 e. The van der Waals surface area contributed by atoms with Crippen LogP contribution in [-0.4, -0.2) is 45.8 Å². The number of nitrogens with zero attached hydrogens (tertiary/aromatic N) is 5. The second-order valence-corrected chi connectivity index (χ2v) is 12.2. The molecule has 3 heterocycles. The number of nitro benzene ring substituents is 1. The predicted molar refractivity (Wildman–Crippen MR) is 173 cm³/mol. The molecule has 238 valence electrons. The number of thiazole rings is 1. The average molecular weight is 662 g/mol. The topological polar surface area (TPSA) is 148 Å². The van der Waals surface area contributed by atoms with Crippen molar-refractivity contribution in [2.24, 2.45) is 4.99 Å². The minimum Gasteiger partial charge on any atom is -0.493 e. The molecule has 0 saturated carbocycles. The molecule has 12 nitrogen and oxygen atoms in total. The molecule has 4 aromatic rings. The fourth-order valence-electron chi connectivity index (χ4n) is 5.08. The lowest BCUT2D eigenvalue weighted by atomic mass is 9.95. The highest BCUT2D eigenvalue weighted by Gasteiger charge is 2.34. The third kappa shape index (κ3) is 6.58. The van der Waals surface area contributed by atoms with Crippen molar-refractivity contribution in [2.45, 2.75) is 50.7 Å². The van der Waals surface area contributed by atoms with Gasteiger partial charge >= 0.3 is 5.97 Å². The zero-order valence-corrected chi connectivity index (χ0v) is 27.7. The standard InChI is InChI=1S/C32H31N5O7S2/c1-7-43-24-16-21(10-11-23(24)42-6)28-27(30(39)44-8-2)19(5)35-32-36(28)29(38)26(46-32)15-20-9-12-25(22(14-20)37(40)41)45-31-33-17(3)13-18(4)34-31/h9-16,28H,7-8H2,1-6H3/b26-15+/t28-/m0/s1. The highest BCUT2D eigenvalue weighted by Crippen LogP contribution is 2.37. The molecule has 5 rings (SSSR count). The number of hydrogen-bond donors (Lipinski definition) is 0. The van der Waals surface area contributed by atoms with E-state index in [9.17, 15) is 19.7 Å². The second-order valence-electron chi connectivity index (χ2n) is 10.2. The molecule has 0 spiro atoms. The van der Waals surface area contributed by atoms with Crippen LogP contribution in [0.1, 0.15) is 49.3 Å². The Bertz CT molecular complexity index is 2050. The molecule has 0 amide bonds. The molecular formula is C32H31N5O7S2. The molecule has 1 aliphatic rings. The van der Waals surface area contributed by atoms with E-state index in [1.54, 1.807) is 50.3 Å². The van der Waals surface area contributed by atoms with Gasteiger partial charge in [0.15, 0.2) is 21.5 Å². The van der Waals surface area contributed by atoms with Crippen molar-refractivity contribution in [3.63, 3.8) is 0 Å². The average Bonchev–Trinajstić information content (AvgIpc) is 3.30. The molecule has 0 aliphatic carbocycles. The minimum atomic E-state index is -0.867. The SMILES string of the molecule is CCOC(=O)C1=C(C)N=c2s/c(=C/c3ccc(Sc4nc(C)cc(C)n4)c([N+](=O)[O-])c3)c(=O)n2[C@H]1c1ccc(OC)c(OCC)c1. The number of methoxy groups -OCH3 is 1. The fourth-order valence-corrected chi connectivity index (χ4v) is 7.08. The lowest BCUT2D eigenvalue weighted by molar-refractivity contribution is -0.387. The number of fused-ring (bicyclic) bond motifs is 1. The van der Waals surface area contributed by atoms with Crippen molar-refractivity contribution in [1.82, 2.24) is 14.5 Å². The highest BCUT2D eigenvalue weighted by atomic mass is 32.2. The fraction of sp³-hybridized carbons (Fsp3) is 0.281. The van der Waals surface area contributed by atoms with Crippen molar-refractivity contribution in [3.8, 4) is 11.5 Å². The number of aryl methyl sites for hydroxylation is 2. The van der Waals surface area contributed by atoms with Gasteiger partial charge < -0.3 is 14.2 Å². The molecule has 1 atom stereocenters. The van der Waals surface area contributed by atoms with Gasteiger partial charge in [0.1, 0.15) is 0 Å². The Kier molecular flexibility index (Phi) is 9.68. The maximum Gasteiger partial charge on any atom is 0.338 e. The van der Waals surface area contributed by atoms with Crippen molar-refractivity contribution in [3.05, 3.63) is 106 Å². The quantitative estimate of drug-likeness (QED) is 0.102. The van der Waals surface area contributed by atoms with Gasteiger partial charge in [0.05, 0.1) is 52.0 Å². The van der Waals surface area contributed by atoms with Gasteiger partial charge in [-0.25, -0.2) is 19.8 Å². The van der Waals surface area contributed by atoms with Crippen LogP contribution in [0.3, 0.4) is 0 Å². The Morgan fingerprint density at radius 1 is 1.07 bits per heavy atom. The number of esters is 1. The van der Waals surface area contributed by atoms with Crippen LogP contribution < -0.4 is 24.4 Å². The number of carbonyl (C=O) groups excluding carboxylic acids is 1. The summed E-state index contributed by atoms with van der Waals surface area (Å²) in [6.07, 6.45) is 1.58. The van der Waals surface area contributed by atoms with Gasteiger partial charge in [0, 0.05) is 17.5 Å². The van der Waals surface area contributed by atoms with Crippen molar-refractivity contribution in [2.75, 3.05) is 20.3 Å². The van der Waals surface area contributed by atoms with Crippen LogP contribution in [0.25, 0.3) is 6.08 Å². The number of benzene rings is 2. The number of rotatable bonds is 10. The molecule has 2 aromatic heterocycles. The summed E-state index contributed by atoms with van der Waals surface area (Å²) in [5.41, 5.74) is 2.63. The summed E-state index contributed by atoms with van der Waals surface area (Å²) in [6.45, 7) is 9.43. The minimum absolute atomic E-state index is 0.141. The monoisotopic (exact) mass is 661 g/mol. The maximum absolute atomic E-state index is 14.1. The van der Waals surface area contributed by atoms with Crippen molar-refractivity contribution < 1.29 is 23.9 Å². The third-order valence-corrected chi connectivity index (χ3v) is 8.87. The van der Waals surface area contributed by atoms with Gasteiger partial charge in [-0.2, -0.15) is 0 Å². The predicted octanol–water partition coefficient (Wildman–Crippen LogP) is 4.67. The zero-order chi connectivity index (χ0) is 33.1. The molecule has 2 aromatic carbocycles. The van der Waals surface area contributed by atoms with Crippen LogP contribution in [-0.2, 0) is 9.53 Å². The van der Waals surface area contributed by atoms with Crippen LogP contribution in [0.4, 0.5) is 5.69 Å². The van der Waals surface area contributed by atoms with Crippen LogP contribution >= 0.6 is 23.1 Å². The van der Waals surface area contributed by atoms with Crippen LogP contribution in [0.5, 0.6) is 11.5 Å². The van der Waals surface area contributed by atoms with Gasteiger partial charge in [-0.05, 0) is 87.8 Å². The maximum atomic E-state index is 14.1. The molecule has 0 unspecified atom stereocenters. The van der Waals surface area contributed by atoms with E-state index >= 15 is 0 Å². The molecule has 0 fully saturated rings. The van der Waals surface area contributed by atoms with E-state index in [-0.39, 0.29) is 22.4 Å². The summed E-state index contributed by atoms with van der Waals surface area (Å²) >= 11 is 2.22.